The Morgan fingerprint density at radius 1 is 0.515 bits per heavy atom. The molecule has 1 rings (SSSR count). The van der Waals surface area contributed by atoms with Crippen LogP contribution >= 0.6 is 0 Å². The minimum absolute atomic E-state index is 0.235. The van der Waals surface area contributed by atoms with E-state index in [2.05, 4.69) is 79.9 Å². The molecule has 68 heavy (non-hydrogen) atoms. The van der Waals surface area contributed by atoms with Crippen molar-refractivity contribution in [2.75, 3.05) is 13.2 Å². The van der Waals surface area contributed by atoms with Gasteiger partial charge in [-0.05, 0) is 96.3 Å². The third-order valence-corrected chi connectivity index (χ3v) is 13.0. The maximum atomic E-state index is 13.1. The average Bonchev–Trinajstić information content (AvgIpc) is 3.34. The van der Waals surface area contributed by atoms with Crippen molar-refractivity contribution in [1.82, 2.24) is 5.32 Å². The Bertz CT molecular complexity index is 1290. The molecule has 1 fully saturated rings. The van der Waals surface area contributed by atoms with Crippen LogP contribution in [0.5, 0.6) is 0 Å². The normalized spacial score (nSPS) is 21.0. The Hall–Kier alpha value is -2.19. The van der Waals surface area contributed by atoms with Gasteiger partial charge < -0.3 is 50.5 Å². The summed E-state index contributed by atoms with van der Waals surface area (Å²) in [6.07, 6.45) is 47.0. The molecule has 396 valence electrons. The predicted molar refractivity (Wildman–Crippen MR) is 279 cm³/mol. The van der Waals surface area contributed by atoms with Gasteiger partial charge in [-0.15, -0.1) is 0 Å². The van der Waals surface area contributed by atoms with E-state index in [-0.39, 0.29) is 12.8 Å². The van der Waals surface area contributed by atoms with Gasteiger partial charge >= 0.3 is 0 Å². The van der Waals surface area contributed by atoms with Gasteiger partial charge in [0.1, 0.15) is 36.6 Å². The molecule has 11 heteroatoms. The van der Waals surface area contributed by atoms with E-state index in [0.717, 1.165) is 77.0 Å². The first-order valence-corrected chi connectivity index (χ1v) is 27.7. The third kappa shape index (κ3) is 34.2. The number of amides is 1. The third-order valence-electron chi connectivity index (χ3n) is 13.0. The first-order valence-electron chi connectivity index (χ1n) is 27.7. The van der Waals surface area contributed by atoms with Gasteiger partial charge in [0.2, 0.25) is 5.91 Å². The molecule has 0 saturated carbocycles. The van der Waals surface area contributed by atoms with Crippen LogP contribution in [0.3, 0.4) is 0 Å². The van der Waals surface area contributed by atoms with E-state index >= 15 is 0 Å². The summed E-state index contributed by atoms with van der Waals surface area (Å²) in [5.74, 6) is -0.722. The van der Waals surface area contributed by atoms with Gasteiger partial charge in [0, 0.05) is 0 Å². The lowest BCUT2D eigenvalue weighted by atomic mass is 9.98. The molecule has 1 aliphatic heterocycles. The molecule has 0 aromatic carbocycles. The van der Waals surface area contributed by atoms with Crippen molar-refractivity contribution < 1.29 is 50.0 Å². The molecule has 8 N–H and O–H groups in total. The Kier molecular flexibility index (Phi) is 43.1. The van der Waals surface area contributed by atoms with Crippen molar-refractivity contribution in [3.63, 3.8) is 0 Å². The topological polar surface area (TPSA) is 189 Å². The number of aliphatic hydroxyl groups excluding tert-OH is 7. The maximum absolute atomic E-state index is 13.1. The highest BCUT2D eigenvalue weighted by Gasteiger charge is 2.44. The van der Waals surface area contributed by atoms with E-state index in [1.807, 2.05) is 0 Å². The zero-order valence-corrected chi connectivity index (χ0v) is 43.1. The van der Waals surface area contributed by atoms with Gasteiger partial charge in [0.15, 0.2) is 6.29 Å². The highest BCUT2D eigenvalue weighted by molar-refractivity contribution is 5.80. The van der Waals surface area contributed by atoms with Crippen molar-refractivity contribution in [2.24, 2.45) is 0 Å². The van der Waals surface area contributed by atoms with Gasteiger partial charge in [-0.25, -0.2) is 0 Å². The van der Waals surface area contributed by atoms with E-state index in [0.29, 0.717) is 19.3 Å². The van der Waals surface area contributed by atoms with Crippen LogP contribution < -0.4 is 5.32 Å². The lowest BCUT2D eigenvalue weighted by Crippen LogP contribution is -2.60. The summed E-state index contributed by atoms with van der Waals surface area (Å²) in [7, 11) is 0. The summed E-state index contributed by atoms with van der Waals surface area (Å²) in [4.78, 5) is 13.1. The Labute approximate surface area is 414 Å². The lowest BCUT2D eigenvalue weighted by molar-refractivity contribution is -0.303. The van der Waals surface area contributed by atoms with E-state index in [1.54, 1.807) is 0 Å². The van der Waals surface area contributed by atoms with Crippen LogP contribution in [0.15, 0.2) is 60.8 Å². The van der Waals surface area contributed by atoms with Gasteiger partial charge in [-0.1, -0.05) is 190 Å². The summed E-state index contributed by atoms with van der Waals surface area (Å²) < 4.78 is 11.1. The van der Waals surface area contributed by atoms with Gasteiger partial charge in [-0.3, -0.25) is 4.79 Å². The number of allylic oxidation sites excluding steroid dienone is 10. The standard InChI is InChI=1S/C57H103NO10/c1-3-5-7-9-11-13-15-17-19-21-22-23-24-25-26-27-28-29-31-32-34-36-38-40-42-44-49(60)52(62)48(47-67-57-55(65)54(64)53(63)51(46-59)68-57)58-56(66)50(61)45-43-41-39-37-35-33-30-20-18-16-14-12-10-8-6-4-2/h12,14,18,20,25-26,29,31,36,38,48-55,57,59-65H,3-11,13,15-17,19,21-24,27-28,30,32-35,37,39-47H2,1-2H3,(H,58,66)/b14-12-,20-18-,26-25+,31-29+,38-36+. The van der Waals surface area contributed by atoms with Gasteiger partial charge in [0.05, 0.1) is 25.4 Å². The van der Waals surface area contributed by atoms with Crippen molar-refractivity contribution in [2.45, 2.75) is 281 Å². The number of aliphatic hydroxyl groups is 7. The molecular formula is C57H103NO10. The Morgan fingerprint density at radius 2 is 0.926 bits per heavy atom. The SMILES string of the molecule is CCCCC/C=C\C/C=C\CCCCCCCCC(O)C(=O)NC(COC1OC(CO)C(O)C(O)C1O)C(O)C(O)CCC/C=C/CC/C=C/CC/C=C/CCCCCCCCCCCCCC. The zero-order valence-electron chi connectivity index (χ0n) is 43.1. The number of hydrogen-bond donors (Lipinski definition) is 8. The van der Waals surface area contributed by atoms with Crippen molar-refractivity contribution in [3.8, 4) is 0 Å². The second-order valence-corrected chi connectivity index (χ2v) is 19.3. The minimum Gasteiger partial charge on any atom is -0.394 e. The smallest absolute Gasteiger partial charge is 0.249 e. The number of unbranched alkanes of at least 4 members (excludes halogenated alkanes) is 24. The molecule has 1 heterocycles. The van der Waals surface area contributed by atoms with Crippen LogP contribution in [0, 0.1) is 0 Å². The summed E-state index contributed by atoms with van der Waals surface area (Å²) in [5, 5.41) is 76.0. The number of carbonyl (C=O) groups is 1. The quantitative estimate of drug-likeness (QED) is 0.0215. The van der Waals surface area contributed by atoms with E-state index in [1.165, 1.54) is 103 Å². The zero-order chi connectivity index (χ0) is 49.7. The first-order chi connectivity index (χ1) is 33.2. The van der Waals surface area contributed by atoms with Gasteiger partial charge in [0.25, 0.3) is 0 Å². The molecule has 1 saturated heterocycles. The number of ether oxygens (including phenoxy) is 2. The second-order valence-electron chi connectivity index (χ2n) is 19.3. The molecule has 11 nitrogen and oxygen atoms in total. The van der Waals surface area contributed by atoms with Crippen LogP contribution in [0.25, 0.3) is 0 Å². The average molecular weight is 962 g/mol. The fraction of sp³-hybridized carbons (Fsp3) is 0.807. The van der Waals surface area contributed by atoms with Crippen molar-refractivity contribution >= 4 is 5.91 Å². The molecule has 0 aromatic heterocycles. The monoisotopic (exact) mass is 962 g/mol. The predicted octanol–water partition coefficient (Wildman–Crippen LogP) is 11.1. The molecule has 9 atom stereocenters. The fourth-order valence-electron chi connectivity index (χ4n) is 8.44. The summed E-state index contributed by atoms with van der Waals surface area (Å²) in [5.41, 5.74) is 0. The maximum Gasteiger partial charge on any atom is 0.249 e. The van der Waals surface area contributed by atoms with Crippen LogP contribution in [0.2, 0.25) is 0 Å². The van der Waals surface area contributed by atoms with Crippen LogP contribution in [-0.2, 0) is 14.3 Å². The van der Waals surface area contributed by atoms with Crippen LogP contribution in [-0.4, -0.2) is 110 Å². The lowest BCUT2D eigenvalue weighted by Gasteiger charge is -2.40. The fourth-order valence-corrected chi connectivity index (χ4v) is 8.44. The minimum atomic E-state index is -1.68. The molecule has 0 aliphatic carbocycles. The van der Waals surface area contributed by atoms with Crippen molar-refractivity contribution in [3.05, 3.63) is 60.8 Å². The van der Waals surface area contributed by atoms with E-state index in [9.17, 15) is 40.5 Å². The second kappa shape index (κ2) is 45.9. The largest absolute Gasteiger partial charge is 0.394 e. The number of rotatable bonds is 46. The summed E-state index contributed by atoms with van der Waals surface area (Å²) >= 11 is 0. The van der Waals surface area contributed by atoms with Crippen LogP contribution in [0.4, 0.5) is 0 Å². The molecule has 0 aromatic rings. The number of hydrogen-bond acceptors (Lipinski definition) is 10. The molecule has 1 aliphatic rings. The molecular weight excluding hydrogens is 859 g/mol. The van der Waals surface area contributed by atoms with Crippen molar-refractivity contribution in [1.29, 1.82) is 0 Å². The molecule has 0 spiro atoms. The Balaban J connectivity index is 2.39. The van der Waals surface area contributed by atoms with E-state index < -0.39 is 74.2 Å². The Morgan fingerprint density at radius 3 is 1.43 bits per heavy atom. The van der Waals surface area contributed by atoms with E-state index in [4.69, 9.17) is 9.47 Å². The summed E-state index contributed by atoms with van der Waals surface area (Å²) in [6.45, 7) is 3.40. The molecule has 0 radical (unpaired) electrons. The van der Waals surface area contributed by atoms with Crippen LogP contribution in [0.1, 0.15) is 226 Å². The summed E-state index contributed by atoms with van der Waals surface area (Å²) in [6, 6.07) is -1.20. The highest BCUT2D eigenvalue weighted by Crippen LogP contribution is 2.23. The van der Waals surface area contributed by atoms with Gasteiger partial charge in [-0.2, -0.15) is 0 Å². The first kappa shape index (κ1) is 63.8. The number of carbonyl (C=O) groups excluding carboxylic acids is 1. The molecule has 9 unspecified atom stereocenters. The number of nitrogens with one attached hydrogen (secondary N) is 1. The molecule has 1 amide bonds. The molecule has 0 bridgehead atoms. The highest BCUT2D eigenvalue weighted by atomic mass is 16.7.